The van der Waals surface area contributed by atoms with Gasteiger partial charge in [0.15, 0.2) is 5.89 Å². The van der Waals surface area contributed by atoms with Crippen LogP contribution >= 0.6 is 0 Å². The van der Waals surface area contributed by atoms with E-state index >= 15 is 0 Å². The molecule has 2 aromatic rings. The molecule has 0 aliphatic rings. The van der Waals surface area contributed by atoms with E-state index in [1.54, 1.807) is 18.4 Å². The molecule has 5 heteroatoms. The van der Waals surface area contributed by atoms with Gasteiger partial charge in [0.25, 0.3) is 0 Å². The lowest BCUT2D eigenvalue weighted by molar-refractivity contribution is -0.137. The van der Waals surface area contributed by atoms with Crippen molar-refractivity contribution in [3.63, 3.8) is 0 Å². The van der Waals surface area contributed by atoms with E-state index in [-0.39, 0.29) is 12.2 Å². The largest absolute Gasteiger partial charge is 0.481 e. The third kappa shape index (κ3) is 4.19. The summed E-state index contributed by atoms with van der Waals surface area (Å²) in [6.45, 7) is 0. The van der Waals surface area contributed by atoms with Crippen molar-refractivity contribution in [3.8, 4) is 11.3 Å². The molecule has 0 saturated heterocycles. The van der Waals surface area contributed by atoms with Gasteiger partial charge in [-0.05, 0) is 37.1 Å². The molecule has 1 heterocycles. The van der Waals surface area contributed by atoms with E-state index in [9.17, 15) is 9.18 Å². The maximum Gasteiger partial charge on any atom is 0.303 e. The second-order valence-electron chi connectivity index (χ2n) is 4.59. The van der Waals surface area contributed by atoms with Crippen LogP contribution in [0.4, 0.5) is 4.39 Å². The van der Waals surface area contributed by atoms with Crippen LogP contribution in [-0.2, 0) is 11.2 Å². The van der Waals surface area contributed by atoms with Gasteiger partial charge in [0, 0.05) is 18.4 Å². The predicted molar refractivity (Wildman–Crippen MR) is 71.7 cm³/mol. The molecule has 2 rings (SSSR count). The lowest BCUT2D eigenvalue weighted by atomic mass is 10.1. The van der Waals surface area contributed by atoms with Gasteiger partial charge in [-0.15, -0.1) is 0 Å². The van der Waals surface area contributed by atoms with Crippen LogP contribution in [0.3, 0.4) is 0 Å². The van der Waals surface area contributed by atoms with Gasteiger partial charge >= 0.3 is 5.97 Å². The number of aromatic nitrogens is 1. The van der Waals surface area contributed by atoms with Crippen LogP contribution in [0.5, 0.6) is 0 Å². The molecule has 0 radical (unpaired) electrons. The minimum atomic E-state index is -0.764. The van der Waals surface area contributed by atoms with E-state index in [1.807, 2.05) is 0 Å². The summed E-state index contributed by atoms with van der Waals surface area (Å²) in [5.74, 6) is -0.421. The molecule has 0 aliphatic heterocycles. The number of carboxylic acid groups (broad SMARTS) is 1. The average Bonchev–Trinajstić information content (AvgIpc) is 2.87. The Balaban J connectivity index is 1.83. The van der Waals surface area contributed by atoms with Crippen molar-refractivity contribution in [2.24, 2.45) is 0 Å². The number of aliphatic carboxylic acids is 1. The number of aryl methyl sites for hydroxylation is 1. The lowest BCUT2D eigenvalue weighted by Crippen LogP contribution is -1.94. The Hall–Kier alpha value is -2.17. The van der Waals surface area contributed by atoms with Crippen molar-refractivity contribution in [1.29, 1.82) is 0 Å². The minimum absolute atomic E-state index is 0.201. The van der Waals surface area contributed by atoms with Gasteiger partial charge in [-0.3, -0.25) is 4.79 Å². The first-order valence-corrected chi connectivity index (χ1v) is 6.57. The van der Waals surface area contributed by atoms with Crippen LogP contribution in [0.2, 0.25) is 0 Å². The minimum Gasteiger partial charge on any atom is -0.481 e. The average molecular weight is 277 g/mol. The first-order valence-electron chi connectivity index (χ1n) is 6.57. The molecule has 106 valence electrons. The molecule has 0 amide bonds. The first kappa shape index (κ1) is 14.2. The maximum absolute atomic E-state index is 12.8. The van der Waals surface area contributed by atoms with Gasteiger partial charge in [0.1, 0.15) is 17.8 Å². The molecule has 0 atom stereocenters. The number of rotatable bonds is 7. The zero-order valence-corrected chi connectivity index (χ0v) is 11.0. The molecule has 0 bridgehead atoms. The number of hydrogen-bond acceptors (Lipinski definition) is 3. The van der Waals surface area contributed by atoms with Crippen LogP contribution in [0.15, 0.2) is 34.9 Å². The van der Waals surface area contributed by atoms with Crippen LogP contribution in [-0.4, -0.2) is 16.1 Å². The van der Waals surface area contributed by atoms with E-state index in [0.29, 0.717) is 24.4 Å². The number of carboxylic acids is 1. The standard InChI is InChI=1S/C15H16FNO3/c16-12-8-6-11(7-9-12)13-10-20-14(17-13)4-2-1-3-5-15(18)19/h6-10H,1-5H2,(H,18,19). The first-order chi connectivity index (χ1) is 9.65. The third-order valence-electron chi connectivity index (χ3n) is 2.97. The monoisotopic (exact) mass is 277 g/mol. The summed E-state index contributed by atoms with van der Waals surface area (Å²) in [6.07, 6.45) is 4.78. The molecule has 20 heavy (non-hydrogen) atoms. The number of oxazole rings is 1. The Bertz CT molecular complexity index is 563. The second kappa shape index (κ2) is 6.84. The fourth-order valence-electron chi connectivity index (χ4n) is 1.91. The van der Waals surface area contributed by atoms with E-state index in [0.717, 1.165) is 18.4 Å². The Labute approximate surface area is 116 Å². The Morgan fingerprint density at radius 3 is 2.65 bits per heavy atom. The van der Waals surface area contributed by atoms with Gasteiger partial charge < -0.3 is 9.52 Å². The fourth-order valence-corrected chi connectivity index (χ4v) is 1.91. The molecule has 0 unspecified atom stereocenters. The molecule has 1 aromatic carbocycles. The van der Waals surface area contributed by atoms with E-state index < -0.39 is 5.97 Å². The van der Waals surface area contributed by atoms with Gasteiger partial charge in [0.2, 0.25) is 0 Å². The fraction of sp³-hybridized carbons (Fsp3) is 0.333. The highest BCUT2D eigenvalue weighted by atomic mass is 19.1. The highest BCUT2D eigenvalue weighted by Crippen LogP contribution is 2.19. The van der Waals surface area contributed by atoms with Crippen molar-refractivity contribution in [2.75, 3.05) is 0 Å². The molecule has 1 N–H and O–H groups in total. The zero-order chi connectivity index (χ0) is 14.4. The Morgan fingerprint density at radius 1 is 1.20 bits per heavy atom. The number of nitrogens with zero attached hydrogens (tertiary/aromatic N) is 1. The van der Waals surface area contributed by atoms with Crippen LogP contribution in [0.25, 0.3) is 11.3 Å². The van der Waals surface area contributed by atoms with Crippen LogP contribution < -0.4 is 0 Å². The number of halogens is 1. The van der Waals surface area contributed by atoms with Crippen LogP contribution in [0.1, 0.15) is 31.6 Å². The lowest BCUT2D eigenvalue weighted by Gasteiger charge is -1.96. The smallest absolute Gasteiger partial charge is 0.303 e. The number of hydrogen-bond donors (Lipinski definition) is 1. The quantitative estimate of drug-likeness (QED) is 0.784. The SMILES string of the molecule is O=C(O)CCCCCc1nc(-c2ccc(F)cc2)co1. The summed E-state index contributed by atoms with van der Waals surface area (Å²) in [7, 11) is 0. The Kier molecular flexibility index (Phi) is 4.87. The summed E-state index contributed by atoms with van der Waals surface area (Å²) in [6, 6.07) is 6.08. The molecule has 0 fully saturated rings. The van der Waals surface area contributed by atoms with Crippen molar-refractivity contribution < 1.29 is 18.7 Å². The Morgan fingerprint density at radius 2 is 1.95 bits per heavy atom. The molecule has 1 aromatic heterocycles. The van der Waals surface area contributed by atoms with Gasteiger partial charge in [0.05, 0.1) is 0 Å². The summed E-state index contributed by atoms with van der Waals surface area (Å²) in [4.78, 5) is 14.7. The number of unbranched alkanes of at least 4 members (excludes halogenated alkanes) is 2. The maximum atomic E-state index is 12.8. The predicted octanol–water partition coefficient (Wildman–Crippen LogP) is 3.67. The third-order valence-corrected chi connectivity index (χ3v) is 2.97. The van der Waals surface area contributed by atoms with Crippen molar-refractivity contribution >= 4 is 5.97 Å². The molecular weight excluding hydrogens is 261 g/mol. The normalized spacial score (nSPS) is 10.7. The molecule has 4 nitrogen and oxygen atoms in total. The van der Waals surface area contributed by atoms with Gasteiger partial charge in [-0.1, -0.05) is 6.42 Å². The van der Waals surface area contributed by atoms with Crippen molar-refractivity contribution in [2.45, 2.75) is 32.1 Å². The summed E-state index contributed by atoms with van der Waals surface area (Å²) in [5.41, 5.74) is 1.50. The molecule has 0 aliphatic carbocycles. The van der Waals surface area contributed by atoms with E-state index in [4.69, 9.17) is 9.52 Å². The highest BCUT2D eigenvalue weighted by Gasteiger charge is 2.06. The number of benzene rings is 1. The molecular formula is C15H16FNO3. The topological polar surface area (TPSA) is 63.3 Å². The van der Waals surface area contributed by atoms with E-state index in [2.05, 4.69) is 4.98 Å². The molecule has 0 spiro atoms. The van der Waals surface area contributed by atoms with Gasteiger partial charge in [-0.25, -0.2) is 9.37 Å². The second-order valence-corrected chi connectivity index (χ2v) is 4.59. The van der Waals surface area contributed by atoms with E-state index in [1.165, 1.54) is 12.1 Å². The summed E-state index contributed by atoms with van der Waals surface area (Å²) in [5, 5.41) is 8.52. The summed E-state index contributed by atoms with van der Waals surface area (Å²) >= 11 is 0. The van der Waals surface area contributed by atoms with Gasteiger partial charge in [-0.2, -0.15) is 0 Å². The van der Waals surface area contributed by atoms with Crippen LogP contribution in [0, 0.1) is 5.82 Å². The zero-order valence-electron chi connectivity index (χ0n) is 11.0. The van der Waals surface area contributed by atoms with Crippen molar-refractivity contribution in [3.05, 3.63) is 42.2 Å². The summed E-state index contributed by atoms with van der Waals surface area (Å²) < 4.78 is 18.2. The highest BCUT2D eigenvalue weighted by molar-refractivity contribution is 5.66. The molecule has 0 saturated carbocycles. The van der Waals surface area contributed by atoms with Crippen molar-refractivity contribution in [1.82, 2.24) is 4.98 Å². The number of carbonyl (C=O) groups is 1.